The fourth-order valence-corrected chi connectivity index (χ4v) is 2.54. The Kier molecular flexibility index (Phi) is 1.51. The van der Waals surface area contributed by atoms with E-state index in [1.54, 1.807) is 25.7 Å². The summed E-state index contributed by atoms with van der Waals surface area (Å²) in [5, 5.41) is 0. The molecule has 0 aromatic heterocycles. The molecule has 0 radical (unpaired) electrons. The van der Waals surface area contributed by atoms with Gasteiger partial charge in [-0.2, -0.15) is 0 Å². The summed E-state index contributed by atoms with van der Waals surface area (Å²) in [5.74, 6) is 1.16. The molecule has 2 aliphatic carbocycles. The topological polar surface area (TPSA) is 0 Å². The van der Waals surface area contributed by atoms with Gasteiger partial charge in [0.15, 0.2) is 0 Å². The van der Waals surface area contributed by atoms with E-state index in [0.717, 1.165) is 11.3 Å². The molecule has 0 aromatic rings. The lowest BCUT2D eigenvalue weighted by Crippen LogP contribution is -2.22. The van der Waals surface area contributed by atoms with Crippen LogP contribution in [0.25, 0.3) is 0 Å². The molecule has 0 N–H and O–H groups in total. The van der Waals surface area contributed by atoms with E-state index in [2.05, 4.69) is 6.92 Å². The van der Waals surface area contributed by atoms with Crippen LogP contribution in [-0.4, -0.2) is 0 Å². The predicted molar refractivity (Wildman–Crippen MR) is 43.9 cm³/mol. The Morgan fingerprint density at radius 3 is 2.30 bits per heavy atom. The summed E-state index contributed by atoms with van der Waals surface area (Å²) < 4.78 is 0. The SMILES string of the molecule is CCCC1(C2CCC2)CC1. The standard InChI is InChI=1S/C10H18/c1-2-6-10(7-8-10)9-4-3-5-9/h9H,2-8H2,1H3. The van der Waals surface area contributed by atoms with Crippen molar-refractivity contribution in [2.45, 2.75) is 51.9 Å². The monoisotopic (exact) mass is 138 g/mol. The molecule has 0 nitrogen and oxygen atoms in total. The van der Waals surface area contributed by atoms with Crippen molar-refractivity contribution in [3.8, 4) is 0 Å². The van der Waals surface area contributed by atoms with Crippen molar-refractivity contribution in [1.29, 1.82) is 0 Å². The predicted octanol–water partition coefficient (Wildman–Crippen LogP) is 3.37. The molecule has 0 heterocycles. The Labute approximate surface area is 64.0 Å². The fourth-order valence-electron chi connectivity index (χ4n) is 2.54. The third kappa shape index (κ3) is 0.889. The minimum atomic E-state index is 0.896. The minimum absolute atomic E-state index is 0.896. The normalized spacial score (nSPS) is 29.7. The summed E-state index contributed by atoms with van der Waals surface area (Å²) in [6, 6.07) is 0. The van der Waals surface area contributed by atoms with Gasteiger partial charge in [0.1, 0.15) is 0 Å². The van der Waals surface area contributed by atoms with Crippen LogP contribution in [0.4, 0.5) is 0 Å². The first-order valence-corrected chi connectivity index (χ1v) is 4.87. The number of hydrogen-bond acceptors (Lipinski definition) is 0. The van der Waals surface area contributed by atoms with Crippen LogP contribution in [0.3, 0.4) is 0 Å². The van der Waals surface area contributed by atoms with Crippen LogP contribution in [0.2, 0.25) is 0 Å². The summed E-state index contributed by atoms with van der Waals surface area (Å²) >= 11 is 0. The van der Waals surface area contributed by atoms with E-state index < -0.39 is 0 Å². The van der Waals surface area contributed by atoms with Gasteiger partial charge in [-0.05, 0) is 43.4 Å². The summed E-state index contributed by atoms with van der Waals surface area (Å²) in [7, 11) is 0. The van der Waals surface area contributed by atoms with Gasteiger partial charge < -0.3 is 0 Å². The van der Waals surface area contributed by atoms with Crippen LogP contribution in [0, 0.1) is 11.3 Å². The second-order valence-corrected chi connectivity index (χ2v) is 4.24. The third-order valence-corrected chi connectivity index (χ3v) is 3.61. The quantitative estimate of drug-likeness (QED) is 0.561. The average Bonchev–Trinajstić information content (AvgIpc) is 2.44. The molecule has 0 amide bonds. The van der Waals surface area contributed by atoms with Gasteiger partial charge in [-0.25, -0.2) is 0 Å². The Balaban J connectivity index is 1.87. The number of hydrogen-bond donors (Lipinski definition) is 0. The molecule has 58 valence electrons. The smallest absolute Gasteiger partial charge is 0.0269 e. The molecule has 0 bridgehead atoms. The van der Waals surface area contributed by atoms with Crippen LogP contribution in [0.5, 0.6) is 0 Å². The van der Waals surface area contributed by atoms with E-state index in [4.69, 9.17) is 0 Å². The van der Waals surface area contributed by atoms with Gasteiger partial charge in [0.25, 0.3) is 0 Å². The van der Waals surface area contributed by atoms with Crippen LogP contribution < -0.4 is 0 Å². The van der Waals surface area contributed by atoms with E-state index in [1.807, 2.05) is 0 Å². The Bertz CT molecular complexity index is 118. The highest BCUT2D eigenvalue weighted by Crippen LogP contribution is 2.61. The van der Waals surface area contributed by atoms with Crippen molar-refractivity contribution < 1.29 is 0 Å². The summed E-state index contributed by atoms with van der Waals surface area (Å²) in [6.07, 6.45) is 10.7. The summed E-state index contributed by atoms with van der Waals surface area (Å²) in [6.45, 7) is 2.33. The molecule has 0 heteroatoms. The zero-order chi connectivity index (χ0) is 7.03. The third-order valence-electron chi connectivity index (χ3n) is 3.61. The second kappa shape index (κ2) is 2.25. The Morgan fingerprint density at radius 2 is 2.00 bits per heavy atom. The first-order chi connectivity index (χ1) is 4.87. The lowest BCUT2D eigenvalue weighted by molar-refractivity contribution is 0.173. The molecule has 10 heavy (non-hydrogen) atoms. The van der Waals surface area contributed by atoms with Crippen molar-refractivity contribution in [2.24, 2.45) is 11.3 Å². The molecule has 0 saturated heterocycles. The molecule has 0 spiro atoms. The second-order valence-electron chi connectivity index (χ2n) is 4.24. The van der Waals surface area contributed by atoms with Gasteiger partial charge >= 0.3 is 0 Å². The van der Waals surface area contributed by atoms with Crippen molar-refractivity contribution in [2.75, 3.05) is 0 Å². The highest BCUT2D eigenvalue weighted by atomic mass is 14.5. The maximum Gasteiger partial charge on any atom is -0.0269 e. The van der Waals surface area contributed by atoms with Gasteiger partial charge in [0.05, 0.1) is 0 Å². The van der Waals surface area contributed by atoms with Gasteiger partial charge in [-0.3, -0.25) is 0 Å². The van der Waals surface area contributed by atoms with Crippen molar-refractivity contribution in [3.05, 3.63) is 0 Å². The first kappa shape index (κ1) is 6.69. The van der Waals surface area contributed by atoms with Gasteiger partial charge in [-0.1, -0.05) is 19.8 Å². The molecular weight excluding hydrogens is 120 g/mol. The van der Waals surface area contributed by atoms with E-state index in [1.165, 1.54) is 19.3 Å². The van der Waals surface area contributed by atoms with Gasteiger partial charge in [0, 0.05) is 0 Å². The van der Waals surface area contributed by atoms with Crippen LogP contribution in [-0.2, 0) is 0 Å². The maximum absolute atomic E-state index is 2.33. The zero-order valence-corrected chi connectivity index (χ0v) is 7.03. The highest BCUT2D eigenvalue weighted by molar-refractivity contribution is 5.00. The summed E-state index contributed by atoms with van der Waals surface area (Å²) in [4.78, 5) is 0. The molecule has 0 unspecified atom stereocenters. The molecule has 2 rings (SSSR count). The molecular formula is C10H18. The minimum Gasteiger partial charge on any atom is -0.0654 e. The first-order valence-electron chi connectivity index (χ1n) is 4.87. The fraction of sp³-hybridized carbons (Fsp3) is 1.00. The van der Waals surface area contributed by atoms with E-state index in [0.29, 0.717) is 0 Å². The Morgan fingerprint density at radius 1 is 1.30 bits per heavy atom. The zero-order valence-electron chi connectivity index (χ0n) is 7.03. The molecule has 0 aliphatic heterocycles. The van der Waals surface area contributed by atoms with E-state index >= 15 is 0 Å². The van der Waals surface area contributed by atoms with Crippen molar-refractivity contribution in [1.82, 2.24) is 0 Å². The average molecular weight is 138 g/mol. The maximum atomic E-state index is 2.33. The Hall–Kier alpha value is 0. The van der Waals surface area contributed by atoms with Crippen LogP contribution in [0.1, 0.15) is 51.9 Å². The molecule has 2 fully saturated rings. The summed E-state index contributed by atoms with van der Waals surface area (Å²) in [5.41, 5.74) is 0.896. The largest absolute Gasteiger partial charge is 0.0654 e. The molecule has 2 aliphatic rings. The lowest BCUT2D eigenvalue weighted by Gasteiger charge is -2.34. The lowest BCUT2D eigenvalue weighted by atomic mass is 9.72. The number of rotatable bonds is 3. The van der Waals surface area contributed by atoms with Crippen LogP contribution >= 0.6 is 0 Å². The van der Waals surface area contributed by atoms with Crippen molar-refractivity contribution >= 4 is 0 Å². The van der Waals surface area contributed by atoms with Gasteiger partial charge in [-0.15, -0.1) is 0 Å². The molecule has 0 aromatic carbocycles. The molecule has 2 saturated carbocycles. The van der Waals surface area contributed by atoms with Crippen LogP contribution in [0.15, 0.2) is 0 Å². The van der Waals surface area contributed by atoms with E-state index in [-0.39, 0.29) is 0 Å². The van der Waals surface area contributed by atoms with Crippen molar-refractivity contribution in [3.63, 3.8) is 0 Å². The highest BCUT2D eigenvalue weighted by Gasteiger charge is 2.49. The molecule has 0 atom stereocenters. The van der Waals surface area contributed by atoms with Gasteiger partial charge in [0.2, 0.25) is 0 Å². The van der Waals surface area contributed by atoms with E-state index in [9.17, 15) is 0 Å².